The van der Waals surface area contributed by atoms with Gasteiger partial charge in [-0.3, -0.25) is 0 Å². The Morgan fingerprint density at radius 3 is 1.16 bits per heavy atom. The van der Waals surface area contributed by atoms with E-state index in [0.29, 0.717) is 0 Å². The van der Waals surface area contributed by atoms with Crippen molar-refractivity contribution >= 4 is 40.7 Å². The second-order valence-electron chi connectivity index (χ2n) is 23.8. The van der Waals surface area contributed by atoms with Crippen molar-refractivity contribution in [2.45, 2.75) is 50.5 Å². The van der Waals surface area contributed by atoms with Gasteiger partial charge < -0.3 is 0 Å². The van der Waals surface area contributed by atoms with Crippen molar-refractivity contribution in [2.24, 2.45) is 0 Å². The van der Waals surface area contributed by atoms with Gasteiger partial charge in [0.25, 0.3) is 0 Å². The molecule has 0 nitrogen and oxygen atoms in total. The number of fused-ring (bicyclic) bond motifs is 21. The van der Waals surface area contributed by atoms with Crippen LogP contribution in [0.2, 0.25) is 6.55 Å². The van der Waals surface area contributed by atoms with Gasteiger partial charge in [-0.1, -0.05) is 240 Å². The summed E-state index contributed by atoms with van der Waals surface area (Å²) in [4.78, 5) is 0. The molecule has 1 heteroatoms. The van der Waals surface area contributed by atoms with Crippen LogP contribution in [0.5, 0.6) is 0 Å². The number of hydrogen-bond acceptors (Lipinski definition) is 0. The van der Waals surface area contributed by atoms with Gasteiger partial charge in [0, 0.05) is 10.8 Å². The van der Waals surface area contributed by atoms with E-state index in [1.54, 1.807) is 10.4 Å². The second kappa shape index (κ2) is 15.1. The summed E-state index contributed by atoms with van der Waals surface area (Å²) < 4.78 is 0. The van der Waals surface area contributed by atoms with Gasteiger partial charge in [0.2, 0.25) is 0 Å². The largest absolute Gasteiger partial charge is 0.101 e. The van der Waals surface area contributed by atoms with E-state index in [2.05, 4.69) is 265 Å². The van der Waals surface area contributed by atoms with Crippen LogP contribution in [0.25, 0.3) is 111 Å². The lowest BCUT2D eigenvalue weighted by Crippen LogP contribution is -2.34. The van der Waals surface area contributed by atoms with Crippen molar-refractivity contribution in [3.8, 4) is 89.0 Å². The SMILES string of the molecule is C[SiH]1c2ccccc2-c2cc3c(-c4ccc5c(c4)C(C)(C)c4ccccc4-5)c4ccc(-c5ccc6c(c5)C5(c7ccccc7-c7ccccc75)c5ccccc5-6)cc4c(-c4ccc5c(c4)C(C)(C)c4ccccc4-5)c3cc21. The first-order valence-electron chi connectivity index (χ1n) is 27.7. The van der Waals surface area contributed by atoms with Crippen molar-refractivity contribution in [1.29, 1.82) is 0 Å². The van der Waals surface area contributed by atoms with E-state index < -0.39 is 14.2 Å². The highest BCUT2D eigenvalue weighted by Gasteiger charge is 2.51. The average molecular weight is 995 g/mol. The third-order valence-corrected chi connectivity index (χ3v) is 22.4. The molecule has 77 heavy (non-hydrogen) atoms. The van der Waals surface area contributed by atoms with E-state index in [4.69, 9.17) is 0 Å². The first kappa shape index (κ1) is 43.6. The topological polar surface area (TPSA) is 0 Å². The molecule has 5 aliphatic rings. The van der Waals surface area contributed by atoms with Crippen LogP contribution in [0, 0.1) is 0 Å². The first-order chi connectivity index (χ1) is 37.6. The van der Waals surface area contributed by atoms with Crippen LogP contribution >= 0.6 is 0 Å². The van der Waals surface area contributed by atoms with Crippen LogP contribution in [0.1, 0.15) is 72.2 Å². The monoisotopic (exact) mass is 994 g/mol. The molecule has 1 aliphatic heterocycles. The Hall–Kier alpha value is -8.62. The summed E-state index contributed by atoms with van der Waals surface area (Å²) in [5, 5.41) is 8.33. The summed E-state index contributed by atoms with van der Waals surface area (Å²) in [6.07, 6.45) is 0. The maximum absolute atomic E-state index is 2.66. The normalized spacial score (nSPS) is 16.3. The summed E-state index contributed by atoms with van der Waals surface area (Å²) >= 11 is 0. The van der Waals surface area contributed by atoms with Gasteiger partial charge in [-0.05, 0) is 191 Å². The number of hydrogen-bond donors (Lipinski definition) is 0. The number of rotatable bonds is 3. The summed E-state index contributed by atoms with van der Waals surface area (Å²) in [7, 11) is -1.51. The van der Waals surface area contributed by atoms with Crippen molar-refractivity contribution in [3.63, 3.8) is 0 Å². The van der Waals surface area contributed by atoms with Crippen LogP contribution in [0.3, 0.4) is 0 Å². The Labute approximate surface area is 452 Å². The molecular weight excluding hydrogens is 941 g/mol. The van der Waals surface area contributed by atoms with E-state index >= 15 is 0 Å². The summed E-state index contributed by atoms with van der Waals surface area (Å²) in [5.41, 5.74) is 31.6. The van der Waals surface area contributed by atoms with E-state index in [1.165, 1.54) is 155 Å². The minimum Gasteiger partial charge on any atom is -0.0641 e. The molecule has 0 fully saturated rings. The van der Waals surface area contributed by atoms with Crippen LogP contribution < -0.4 is 10.4 Å². The Morgan fingerprint density at radius 2 is 0.610 bits per heavy atom. The lowest BCUT2D eigenvalue weighted by Gasteiger charge is -2.30. The van der Waals surface area contributed by atoms with Gasteiger partial charge in [0.1, 0.15) is 8.80 Å². The summed E-state index contributed by atoms with van der Waals surface area (Å²) in [6.45, 7) is 12.2. The van der Waals surface area contributed by atoms with Gasteiger partial charge in [-0.2, -0.15) is 0 Å². The fraction of sp³-hybridized carbons (Fsp3) is 0.105. The third kappa shape index (κ3) is 5.47. The molecule has 362 valence electrons. The van der Waals surface area contributed by atoms with Gasteiger partial charge >= 0.3 is 0 Å². The Bertz CT molecular complexity index is 4590. The molecule has 0 amide bonds. The Morgan fingerprint density at radius 1 is 0.247 bits per heavy atom. The van der Waals surface area contributed by atoms with E-state index in [0.717, 1.165) is 0 Å². The molecule has 0 bridgehead atoms. The minimum absolute atomic E-state index is 0.137. The van der Waals surface area contributed by atoms with Gasteiger partial charge in [-0.15, -0.1) is 0 Å². The van der Waals surface area contributed by atoms with E-state index in [9.17, 15) is 0 Å². The lowest BCUT2D eigenvalue weighted by molar-refractivity contribution is 0.660. The first-order valence-corrected chi connectivity index (χ1v) is 30.0. The van der Waals surface area contributed by atoms with Crippen LogP contribution in [0.4, 0.5) is 0 Å². The molecule has 1 atom stereocenters. The van der Waals surface area contributed by atoms with Gasteiger partial charge in [-0.25, -0.2) is 0 Å². The molecule has 0 N–H and O–H groups in total. The molecule has 0 radical (unpaired) electrons. The molecular formula is C76H54Si. The lowest BCUT2D eigenvalue weighted by atomic mass is 9.70. The molecule has 12 aromatic rings. The van der Waals surface area contributed by atoms with Crippen LogP contribution in [-0.2, 0) is 16.2 Å². The molecule has 1 spiro atoms. The predicted octanol–water partition coefficient (Wildman–Crippen LogP) is 17.9. The maximum atomic E-state index is 2.66. The summed E-state index contributed by atoms with van der Waals surface area (Å²) in [5.74, 6) is 0. The molecule has 12 aromatic carbocycles. The number of benzene rings is 12. The zero-order valence-electron chi connectivity index (χ0n) is 44.0. The fourth-order valence-corrected chi connectivity index (χ4v) is 18.5. The standard InChI is InChI=1S/C76H54Si/c1-74(2)62-24-12-6-18-48(62)53-35-32-46(40-67(53)74)72-57-37-31-44(45-30-34-55-52-22-10-16-28-66(52)76(69(55)39-45)64-26-14-8-20-50(64)51-21-9-15-27-65(51)76)38-59(57)73(47-33-36-54-49-19-7-13-25-63(49)75(3,4)68(54)41-47)61-43-71-58(42-60(61)72)56-23-11-17-29-70(56)77(71)5/h6-43,77H,1-5H3. The van der Waals surface area contributed by atoms with Crippen LogP contribution in [0.15, 0.2) is 231 Å². The maximum Gasteiger partial charge on any atom is 0.101 e. The summed E-state index contributed by atoms with van der Waals surface area (Å²) in [6, 6.07) is 89.9. The second-order valence-corrected chi connectivity index (χ2v) is 26.5. The molecule has 4 aliphatic carbocycles. The fourth-order valence-electron chi connectivity index (χ4n) is 16.0. The highest BCUT2D eigenvalue weighted by molar-refractivity contribution is 6.88. The molecule has 1 heterocycles. The highest BCUT2D eigenvalue weighted by atomic mass is 28.3. The quantitative estimate of drug-likeness (QED) is 0.122. The molecule has 0 saturated heterocycles. The van der Waals surface area contributed by atoms with Crippen LogP contribution in [-0.4, -0.2) is 8.80 Å². The predicted molar refractivity (Wildman–Crippen MR) is 327 cm³/mol. The Kier molecular flexibility index (Phi) is 8.53. The highest BCUT2D eigenvalue weighted by Crippen LogP contribution is 2.63. The van der Waals surface area contributed by atoms with E-state index in [-0.39, 0.29) is 10.8 Å². The van der Waals surface area contributed by atoms with E-state index in [1.807, 2.05) is 0 Å². The minimum atomic E-state index is -1.51. The average Bonchev–Trinajstić information content (AvgIpc) is 4.38. The molecule has 0 aromatic heterocycles. The zero-order valence-corrected chi connectivity index (χ0v) is 45.2. The third-order valence-electron chi connectivity index (χ3n) is 19.5. The Balaban J connectivity index is 0.971. The van der Waals surface area contributed by atoms with Crippen molar-refractivity contribution in [1.82, 2.24) is 0 Å². The smallest absolute Gasteiger partial charge is 0.0641 e. The molecule has 1 unspecified atom stereocenters. The zero-order chi connectivity index (χ0) is 51.3. The molecule has 0 saturated carbocycles. The van der Waals surface area contributed by atoms with Crippen molar-refractivity contribution in [2.75, 3.05) is 0 Å². The van der Waals surface area contributed by atoms with Gasteiger partial charge in [0.05, 0.1) is 5.41 Å². The molecule has 17 rings (SSSR count). The van der Waals surface area contributed by atoms with Crippen molar-refractivity contribution in [3.05, 3.63) is 275 Å². The van der Waals surface area contributed by atoms with Crippen molar-refractivity contribution < 1.29 is 0 Å². The van der Waals surface area contributed by atoms with Gasteiger partial charge in [0.15, 0.2) is 0 Å².